The van der Waals surface area contributed by atoms with Crippen LogP contribution in [0, 0.1) is 5.41 Å². The molecule has 2 aliphatic rings. The number of ether oxygens (including phenoxy) is 1. The van der Waals surface area contributed by atoms with E-state index in [1.807, 2.05) is 24.3 Å². The van der Waals surface area contributed by atoms with E-state index in [1.165, 1.54) is 0 Å². The van der Waals surface area contributed by atoms with Crippen LogP contribution in [-0.2, 0) is 9.59 Å². The lowest BCUT2D eigenvalue weighted by molar-refractivity contribution is -0.192. The summed E-state index contributed by atoms with van der Waals surface area (Å²) in [5.74, 6) is -2.25. The summed E-state index contributed by atoms with van der Waals surface area (Å²) in [5.41, 5.74) is 0.147. The number of halogens is 3. The Balaban J connectivity index is 0.000000423. The van der Waals surface area contributed by atoms with Gasteiger partial charge >= 0.3 is 12.1 Å². The Morgan fingerprint density at radius 3 is 2.42 bits per heavy atom. The van der Waals surface area contributed by atoms with E-state index in [1.54, 1.807) is 24.1 Å². The highest BCUT2D eigenvalue weighted by atomic mass is 19.4. The van der Waals surface area contributed by atoms with Gasteiger partial charge in [-0.2, -0.15) is 13.2 Å². The molecule has 0 saturated carbocycles. The highest BCUT2D eigenvalue weighted by Crippen LogP contribution is 2.30. The van der Waals surface area contributed by atoms with Crippen molar-refractivity contribution in [1.29, 1.82) is 0 Å². The van der Waals surface area contributed by atoms with Crippen molar-refractivity contribution in [2.45, 2.75) is 12.6 Å². The molecule has 1 saturated heterocycles. The number of aliphatic carboxylic acids is 1. The first-order valence-corrected chi connectivity index (χ1v) is 9.48. The molecular formula is C20H24F3N3O5. The van der Waals surface area contributed by atoms with Crippen molar-refractivity contribution in [2.24, 2.45) is 5.41 Å². The van der Waals surface area contributed by atoms with Crippen molar-refractivity contribution in [3.8, 4) is 5.75 Å². The van der Waals surface area contributed by atoms with Crippen LogP contribution < -0.4 is 15.4 Å². The van der Waals surface area contributed by atoms with Crippen LogP contribution >= 0.6 is 0 Å². The van der Waals surface area contributed by atoms with Crippen molar-refractivity contribution < 1.29 is 37.4 Å². The number of hydrogen-bond donors (Lipinski definition) is 3. The van der Waals surface area contributed by atoms with Gasteiger partial charge in [0.15, 0.2) is 0 Å². The Morgan fingerprint density at radius 1 is 1.19 bits per heavy atom. The number of nitrogens with zero attached hydrogens (tertiary/aromatic N) is 1. The molecule has 2 amide bonds. The molecule has 170 valence electrons. The first-order chi connectivity index (χ1) is 14.6. The summed E-state index contributed by atoms with van der Waals surface area (Å²) >= 11 is 0. The fraction of sp³-hybridized carbons (Fsp3) is 0.450. The van der Waals surface area contributed by atoms with E-state index in [9.17, 15) is 22.8 Å². The number of amides is 2. The lowest BCUT2D eigenvalue weighted by Crippen LogP contribution is -2.61. The molecule has 1 spiro atoms. The summed E-state index contributed by atoms with van der Waals surface area (Å²) in [6.07, 6.45) is -0.477. The van der Waals surface area contributed by atoms with Crippen LogP contribution in [0.15, 0.2) is 36.4 Å². The number of allylic oxidation sites excluding steroid dienone is 1. The van der Waals surface area contributed by atoms with Crippen LogP contribution in [-0.4, -0.2) is 73.8 Å². The summed E-state index contributed by atoms with van der Waals surface area (Å²) in [6, 6.07) is 7.19. The lowest BCUT2D eigenvalue weighted by Gasteiger charge is -2.43. The van der Waals surface area contributed by atoms with Gasteiger partial charge in [0.25, 0.3) is 5.91 Å². The Kier molecular flexibility index (Phi) is 8.03. The van der Waals surface area contributed by atoms with E-state index in [0.29, 0.717) is 50.5 Å². The molecule has 0 aromatic heterocycles. The number of nitrogens with one attached hydrogen (secondary N) is 2. The minimum absolute atomic E-state index is 0.124. The van der Waals surface area contributed by atoms with Crippen LogP contribution in [0.5, 0.6) is 5.75 Å². The molecule has 1 fully saturated rings. The number of carboxylic acids is 1. The second kappa shape index (κ2) is 10.3. The zero-order chi connectivity index (χ0) is 23.1. The maximum Gasteiger partial charge on any atom is 0.490 e. The number of carboxylic acid groups (broad SMARTS) is 1. The van der Waals surface area contributed by atoms with Crippen LogP contribution in [0.1, 0.15) is 16.8 Å². The van der Waals surface area contributed by atoms with Crippen molar-refractivity contribution in [3.63, 3.8) is 0 Å². The first kappa shape index (κ1) is 24.2. The first-order valence-electron chi connectivity index (χ1n) is 9.48. The standard InChI is InChI=1S/C18H23N3O3.C2HF3O2/c1-21-10-9-20-16(22)14-6-2-3-7-15(14)24-11-5-4-8-18(17(21)23)12-19-13-18;3-2(4,5)1(6)7/h2-7,19H,8-13H2,1H3,(H,20,22);(H,6,7). The number of carbonyl (C=O) groups excluding carboxylic acids is 2. The normalized spacial score (nSPS) is 19.0. The molecular weight excluding hydrogens is 419 g/mol. The number of alkyl halides is 3. The fourth-order valence-electron chi connectivity index (χ4n) is 3.04. The number of para-hydroxylation sites is 1. The molecule has 2 aliphatic heterocycles. The van der Waals surface area contributed by atoms with Gasteiger partial charge < -0.3 is 25.4 Å². The summed E-state index contributed by atoms with van der Waals surface area (Å²) in [4.78, 5) is 35.7. The van der Waals surface area contributed by atoms with Gasteiger partial charge in [-0.25, -0.2) is 4.79 Å². The molecule has 11 heteroatoms. The molecule has 2 heterocycles. The van der Waals surface area contributed by atoms with Crippen LogP contribution in [0.3, 0.4) is 0 Å². The Bertz CT molecular complexity index is 838. The average molecular weight is 443 g/mol. The molecule has 8 nitrogen and oxygen atoms in total. The molecule has 0 aliphatic carbocycles. The molecule has 0 bridgehead atoms. The maximum absolute atomic E-state index is 12.7. The van der Waals surface area contributed by atoms with Gasteiger partial charge in [0, 0.05) is 33.2 Å². The zero-order valence-corrected chi connectivity index (χ0v) is 16.9. The summed E-state index contributed by atoms with van der Waals surface area (Å²) in [5, 5.41) is 13.2. The molecule has 1 aromatic carbocycles. The zero-order valence-electron chi connectivity index (χ0n) is 16.9. The van der Waals surface area contributed by atoms with E-state index < -0.39 is 12.1 Å². The lowest BCUT2D eigenvalue weighted by atomic mass is 9.77. The van der Waals surface area contributed by atoms with E-state index in [2.05, 4.69) is 10.6 Å². The number of fused-ring (bicyclic) bond motifs is 1. The molecule has 1 aromatic rings. The Hall–Kier alpha value is -3.08. The SMILES string of the molecule is CN1CCNC(=O)c2ccccc2OCC=CCC2(CNC2)C1=O.O=C(O)C(F)(F)F. The van der Waals surface area contributed by atoms with Gasteiger partial charge in [0.2, 0.25) is 5.91 Å². The van der Waals surface area contributed by atoms with Crippen molar-refractivity contribution in [1.82, 2.24) is 15.5 Å². The Labute approximate surface area is 177 Å². The van der Waals surface area contributed by atoms with Crippen molar-refractivity contribution in [2.75, 3.05) is 39.8 Å². The number of benzene rings is 1. The third kappa shape index (κ3) is 6.45. The highest BCUT2D eigenvalue weighted by Gasteiger charge is 2.44. The van der Waals surface area contributed by atoms with Gasteiger partial charge in [-0.15, -0.1) is 0 Å². The van der Waals surface area contributed by atoms with E-state index in [0.717, 1.165) is 0 Å². The predicted molar refractivity (Wildman–Crippen MR) is 105 cm³/mol. The highest BCUT2D eigenvalue weighted by molar-refractivity contribution is 5.97. The van der Waals surface area contributed by atoms with Gasteiger partial charge in [-0.1, -0.05) is 24.3 Å². The number of likely N-dealkylation sites (N-methyl/N-ethyl adjacent to an activating group) is 1. The largest absolute Gasteiger partial charge is 0.490 e. The second-order valence-corrected chi connectivity index (χ2v) is 7.15. The average Bonchev–Trinajstić information content (AvgIpc) is 2.68. The topological polar surface area (TPSA) is 108 Å². The summed E-state index contributed by atoms with van der Waals surface area (Å²) in [7, 11) is 1.79. The summed E-state index contributed by atoms with van der Waals surface area (Å²) in [6.45, 7) is 2.65. The number of rotatable bonds is 0. The van der Waals surface area contributed by atoms with Crippen LogP contribution in [0.4, 0.5) is 13.2 Å². The third-order valence-corrected chi connectivity index (χ3v) is 4.84. The molecule has 0 atom stereocenters. The molecule has 3 rings (SSSR count). The van der Waals surface area contributed by atoms with Crippen molar-refractivity contribution in [3.05, 3.63) is 42.0 Å². The minimum Gasteiger partial charge on any atom is -0.489 e. The van der Waals surface area contributed by atoms with Gasteiger partial charge in [0.1, 0.15) is 12.4 Å². The molecule has 0 unspecified atom stereocenters. The number of hydrogen-bond acceptors (Lipinski definition) is 5. The van der Waals surface area contributed by atoms with E-state index in [-0.39, 0.29) is 17.2 Å². The van der Waals surface area contributed by atoms with Crippen LogP contribution in [0.25, 0.3) is 0 Å². The van der Waals surface area contributed by atoms with E-state index in [4.69, 9.17) is 14.6 Å². The van der Waals surface area contributed by atoms with Gasteiger partial charge in [-0.05, 0) is 18.6 Å². The Morgan fingerprint density at radius 2 is 1.84 bits per heavy atom. The van der Waals surface area contributed by atoms with Gasteiger partial charge in [-0.3, -0.25) is 9.59 Å². The molecule has 3 N–H and O–H groups in total. The predicted octanol–water partition coefficient (Wildman–Crippen LogP) is 1.44. The van der Waals surface area contributed by atoms with Crippen LogP contribution in [0.2, 0.25) is 0 Å². The monoisotopic (exact) mass is 443 g/mol. The fourth-order valence-corrected chi connectivity index (χ4v) is 3.04. The van der Waals surface area contributed by atoms with E-state index >= 15 is 0 Å². The van der Waals surface area contributed by atoms with Gasteiger partial charge in [0.05, 0.1) is 11.0 Å². The smallest absolute Gasteiger partial charge is 0.489 e. The molecule has 31 heavy (non-hydrogen) atoms. The molecule has 0 radical (unpaired) electrons. The number of carbonyl (C=O) groups is 3. The minimum atomic E-state index is -5.08. The quantitative estimate of drug-likeness (QED) is 0.524. The summed E-state index contributed by atoms with van der Waals surface area (Å²) < 4.78 is 37.4. The maximum atomic E-state index is 12.7. The third-order valence-electron chi connectivity index (χ3n) is 4.84. The van der Waals surface area contributed by atoms with Crippen molar-refractivity contribution >= 4 is 17.8 Å². The second-order valence-electron chi connectivity index (χ2n) is 7.15.